The van der Waals surface area contributed by atoms with Gasteiger partial charge in [0.25, 0.3) is 11.8 Å². The molecule has 0 aliphatic rings. The van der Waals surface area contributed by atoms with Crippen LogP contribution in [0, 0.1) is 0 Å². The molecule has 1 heterocycles. The average Bonchev–Trinajstić information content (AvgIpc) is 3.15. The summed E-state index contributed by atoms with van der Waals surface area (Å²) in [5, 5.41) is 6.90. The topological polar surface area (TPSA) is 77.2 Å². The Kier molecular flexibility index (Phi) is 6.01. The zero-order chi connectivity index (χ0) is 21.0. The largest absolute Gasteiger partial charge is 0.483 e. The number of para-hydroxylation sites is 1. The summed E-state index contributed by atoms with van der Waals surface area (Å²) in [4.78, 5) is 16.4. The van der Waals surface area contributed by atoms with Gasteiger partial charge in [-0.05, 0) is 49.1 Å². The van der Waals surface area contributed by atoms with Crippen molar-refractivity contribution in [2.75, 3.05) is 6.61 Å². The maximum absolute atomic E-state index is 11.9. The molecule has 29 heavy (non-hydrogen) atoms. The minimum absolute atomic E-state index is 0.0609. The van der Waals surface area contributed by atoms with Crippen molar-refractivity contribution in [3.05, 3.63) is 54.1 Å². The summed E-state index contributed by atoms with van der Waals surface area (Å²) in [5.41, 5.74) is 2.84. The van der Waals surface area contributed by atoms with Gasteiger partial charge in [-0.25, -0.2) is 0 Å². The van der Waals surface area contributed by atoms with Gasteiger partial charge in [-0.1, -0.05) is 50.2 Å². The molecule has 0 unspecified atom stereocenters. The zero-order valence-corrected chi connectivity index (χ0v) is 17.5. The molecule has 6 nitrogen and oxygen atoms in total. The van der Waals surface area contributed by atoms with Gasteiger partial charge in [-0.15, -0.1) is 0 Å². The van der Waals surface area contributed by atoms with Crippen LogP contribution in [0.15, 0.2) is 53.1 Å². The Morgan fingerprint density at radius 2 is 1.79 bits per heavy atom. The number of benzene rings is 2. The number of carbonyl (C=O) groups excluding carboxylic acids is 1. The second-order valence-corrected chi connectivity index (χ2v) is 8.26. The fourth-order valence-electron chi connectivity index (χ4n) is 2.85. The Morgan fingerprint density at radius 1 is 1.10 bits per heavy atom. The summed E-state index contributed by atoms with van der Waals surface area (Å²) >= 11 is 0. The molecule has 0 atom stereocenters. The quantitative estimate of drug-likeness (QED) is 0.662. The van der Waals surface area contributed by atoms with Crippen molar-refractivity contribution < 1.29 is 14.1 Å². The first kappa shape index (κ1) is 20.6. The van der Waals surface area contributed by atoms with Crippen LogP contribution in [0.3, 0.4) is 0 Å². The molecule has 3 rings (SSSR count). The van der Waals surface area contributed by atoms with E-state index in [4.69, 9.17) is 9.26 Å². The molecule has 0 bridgehead atoms. The Bertz CT molecular complexity index is 970. The number of carbonyl (C=O) groups is 1. The van der Waals surface area contributed by atoms with Gasteiger partial charge in [-0.3, -0.25) is 4.79 Å². The summed E-state index contributed by atoms with van der Waals surface area (Å²) in [5.74, 6) is 1.21. The summed E-state index contributed by atoms with van der Waals surface area (Å²) in [6.07, 6.45) is 0. The molecule has 0 aliphatic heterocycles. The predicted octanol–water partition coefficient (Wildman–Crippen LogP) is 4.60. The SMILES string of the molecule is CC(C)NC(=O)COc1ccccc1-c1noc(-c2ccc(C(C)(C)C)cc2)n1. The summed E-state index contributed by atoms with van der Waals surface area (Å²) < 4.78 is 11.2. The maximum Gasteiger partial charge on any atom is 0.258 e. The van der Waals surface area contributed by atoms with Crippen LogP contribution in [0.4, 0.5) is 0 Å². The van der Waals surface area contributed by atoms with Crippen LogP contribution in [0.2, 0.25) is 0 Å². The lowest BCUT2D eigenvalue weighted by Crippen LogP contribution is -2.34. The van der Waals surface area contributed by atoms with Crippen LogP contribution in [0.1, 0.15) is 40.2 Å². The maximum atomic E-state index is 11.9. The van der Waals surface area contributed by atoms with Gasteiger partial charge in [0.15, 0.2) is 6.61 Å². The van der Waals surface area contributed by atoms with Gasteiger partial charge in [0, 0.05) is 11.6 Å². The minimum atomic E-state index is -0.178. The molecular formula is C23H27N3O3. The van der Waals surface area contributed by atoms with Gasteiger partial charge in [0.1, 0.15) is 5.75 Å². The molecule has 0 aliphatic carbocycles. The summed E-state index contributed by atoms with van der Waals surface area (Å²) in [6, 6.07) is 15.5. The molecule has 1 amide bonds. The van der Waals surface area contributed by atoms with Gasteiger partial charge < -0.3 is 14.6 Å². The average molecular weight is 393 g/mol. The number of rotatable bonds is 6. The lowest BCUT2D eigenvalue weighted by atomic mass is 9.87. The summed E-state index contributed by atoms with van der Waals surface area (Å²) in [6.45, 7) is 10.2. The van der Waals surface area contributed by atoms with E-state index < -0.39 is 0 Å². The fourth-order valence-corrected chi connectivity index (χ4v) is 2.85. The van der Waals surface area contributed by atoms with Crippen LogP contribution in [0.5, 0.6) is 5.75 Å². The third kappa shape index (κ3) is 5.22. The monoisotopic (exact) mass is 393 g/mol. The number of nitrogens with one attached hydrogen (secondary N) is 1. The molecular weight excluding hydrogens is 366 g/mol. The van der Waals surface area contributed by atoms with Crippen molar-refractivity contribution in [3.63, 3.8) is 0 Å². The summed E-state index contributed by atoms with van der Waals surface area (Å²) in [7, 11) is 0. The lowest BCUT2D eigenvalue weighted by Gasteiger charge is -2.18. The number of hydrogen-bond donors (Lipinski definition) is 1. The first-order valence-corrected chi connectivity index (χ1v) is 9.70. The molecule has 6 heteroatoms. The van der Waals surface area contributed by atoms with E-state index in [1.165, 1.54) is 5.56 Å². The number of nitrogens with zero attached hydrogens (tertiary/aromatic N) is 2. The highest BCUT2D eigenvalue weighted by Crippen LogP contribution is 2.30. The van der Waals surface area contributed by atoms with Crippen molar-refractivity contribution in [2.24, 2.45) is 0 Å². The van der Waals surface area contributed by atoms with Crippen molar-refractivity contribution in [1.82, 2.24) is 15.5 Å². The molecule has 1 aromatic heterocycles. The molecule has 0 spiro atoms. The highest BCUT2D eigenvalue weighted by Gasteiger charge is 2.17. The van der Waals surface area contributed by atoms with E-state index in [0.717, 1.165) is 5.56 Å². The highest BCUT2D eigenvalue weighted by molar-refractivity contribution is 5.78. The molecule has 0 saturated heterocycles. The van der Waals surface area contributed by atoms with E-state index in [-0.39, 0.29) is 24.0 Å². The fraction of sp³-hybridized carbons (Fsp3) is 0.348. The van der Waals surface area contributed by atoms with Gasteiger partial charge >= 0.3 is 0 Å². The Hall–Kier alpha value is -3.15. The van der Waals surface area contributed by atoms with Crippen LogP contribution < -0.4 is 10.1 Å². The number of ether oxygens (including phenoxy) is 1. The normalized spacial score (nSPS) is 11.5. The van der Waals surface area contributed by atoms with Crippen molar-refractivity contribution >= 4 is 5.91 Å². The Labute approximate surface area is 171 Å². The van der Waals surface area contributed by atoms with Crippen molar-refractivity contribution in [2.45, 2.75) is 46.1 Å². The predicted molar refractivity (Wildman–Crippen MR) is 113 cm³/mol. The number of aromatic nitrogens is 2. The van der Waals surface area contributed by atoms with Crippen LogP contribution in [-0.4, -0.2) is 28.7 Å². The highest BCUT2D eigenvalue weighted by atomic mass is 16.5. The molecule has 3 aromatic rings. The second kappa shape index (κ2) is 8.47. The van der Waals surface area contributed by atoms with Gasteiger partial charge in [0.2, 0.25) is 5.82 Å². The molecule has 0 fully saturated rings. The van der Waals surface area contributed by atoms with Crippen LogP contribution >= 0.6 is 0 Å². The Morgan fingerprint density at radius 3 is 2.45 bits per heavy atom. The van der Waals surface area contributed by atoms with E-state index >= 15 is 0 Å². The second-order valence-electron chi connectivity index (χ2n) is 8.26. The van der Waals surface area contributed by atoms with E-state index in [9.17, 15) is 4.79 Å². The van der Waals surface area contributed by atoms with Gasteiger partial charge in [-0.2, -0.15) is 4.98 Å². The third-order valence-electron chi connectivity index (χ3n) is 4.36. The zero-order valence-electron chi connectivity index (χ0n) is 17.5. The lowest BCUT2D eigenvalue weighted by molar-refractivity contribution is -0.123. The first-order valence-electron chi connectivity index (χ1n) is 9.70. The van der Waals surface area contributed by atoms with E-state index in [2.05, 4.69) is 48.4 Å². The molecule has 0 saturated carbocycles. The van der Waals surface area contributed by atoms with Gasteiger partial charge in [0.05, 0.1) is 5.56 Å². The standard InChI is InChI=1S/C23H27N3O3/c1-15(2)24-20(27)14-28-19-9-7-6-8-18(19)21-25-22(29-26-21)16-10-12-17(13-11-16)23(3,4)5/h6-13,15H,14H2,1-5H3,(H,24,27). The van der Waals surface area contributed by atoms with E-state index in [0.29, 0.717) is 23.0 Å². The van der Waals surface area contributed by atoms with Crippen molar-refractivity contribution in [1.29, 1.82) is 0 Å². The van der Waals surface area contributed by atoms with E-state index in [1.54, 1.807) is 6.07 Å². The van der Waals surface area contributed by atoms with Crippen LogP contribution in [-0.2, 0) is 10.2 Å². The van der Waals surface area contributed by atoms with Crippen molar-refractivity contribution in [3.8, 4) is 28.6 Å². The minimum Gasteiger partial charge on any atom is -0.483 e. The third-order valence-corrected chi connectivity index (χ3v) is 4.36. The molecule has 152 valence electrons. The van der Waals surface area contributed by atoms with E-state index in [1.807, 2.05) is 44.2 Å². The Balaban J connectivity index is 1.79. The first-order chi connectivity index (χ1) is 13.7. The van der Waals surface area contributed by atoms with Crippen LogP contribution in [0.25, 0.3) is 22.8 Å². The molecule has 1 N–H and O–H groups in total. The number of amides is 1. The molecule has 2 aromatic carbocycles. The molecule has 0 radical (unpaired) electrons. The number of hydrogen-bond acceptors (Lipinski definition) is 5. The smallest absolute Gasteiger partial charge is 0.258 e.